The highest BCUT2D eigenvalue weighted by molar-refractivity contribution is 9.10. The molecule has 0 aliphatic carbocycles. The SMILES string of the molecule is NOCc1cc(Br)cc2c1OCOC2. The van der Waals surface area contributed by atoms with Crippen molar-refractivity contribution in [2.45, 2.75) is 13.2 Å². The highest BCUT2D eigenvalue weighted by Gasteiger charge is 2.15. The van der Waals surface area contributed by atoms with Gasteiger partial charge in [-0.2, -0.15) is 0 Å². The van der Waals surface area contributed by atoms with E-state index in [-0.39, 0.29) is 6.79 Å². The lowest BCUT2D eigenvalue weighted by molar-refractivity contribution is -0.0185. The first kappa shape index (κ1) is 9.92. The van der Waals surface area contributed by atoms with Gasteiger partial charge in [0.15, 0.2) is 6.79 Å². The molecule has 2 rings (SSSR count). The third-order valence-electron chi connectivity index (χ3n) is 1.99. The molecule has 0 fully saturated rings. The van der Waals surface area contributed by atoms with Crippen LogP contribution in [0.1, 0.15) is 11.1 Å². The summed E-state index contributed by atoms with van der Waals surface area (Å²) in [5.41, 5.74) is 1.94. The van der Waals surface area contributed by atoms with Crippen molar-refractivity contribution in [3.8, 4) is 5.75 Å². The second kappa shape index (κ2) is 4.27. The number of rotatable bonds is 2. The summed E-state index contributed by atoms with van der Waals surface area (Å²) in [6, 6.07) is 3.89. The first-order valence-corrected chi connectivity index (χ1v) is 4.94. The van der Waals surface area contributed by atoms with Crippen molar-refractivity contribution in [2.75, 3.05) is 6.79 Å². The quantitative estimate of drug-likeness (QED) is 0.822. The fourth-order valence-corrected chi connectivity index (χ4v) is 2.01. The predicted molar refractivity (Wildman–Crippen MR) is 53.4 cm³/mol. The molecular formula is C9H10BrNO3. The highest BCUT2D eigenvalue weighted by atomic mass is 79.9. The van der Waals surface area contributed by atoms with Gasteiger partial charge in [-0.3, -0.25) is 4.84 Å². The van der Waals surface area contributed by atoms with E-state index in [4.69, 9.17) is 15.4 Å². The maximum absolute atomic E-state index is 5.38. The maximum Gasteiger partial charge on any atom is 0.189 e. The third kappa shape index (κ3) is 1.90. The molecule has 0 atom stereocenters. The highest BCUT2D eigenvalue weighted by Crippen LogP contribution is 2.31. The molecular weight excluding hydrogens is 250 g/mol. The van der Waals surface area contributed by atoms with Gasteiger partial charge in [0.05, 0.1) is 13.2 Å². The average molecular weight is 260 g/mol. The molecule has 4 nitrogen and oxygen atoms in total. The van der Waals surface area contributed by atoms with Crippen LogP contribution in [-0.2, 0) is 22.8 Å². The summed E-state index contributed by atoms with van der Waals surface area (Å²) < 4.78 is 11.5. The molecule has 1 aliphatic rings. The molecule has 2 N–H and O–H groups in total. The van der Waals surface area contributed by atoms with Gasteiger partial charge < -0.3 is 9.47 Å². The van der Waals surface area contributed by atoms with Crippen LogP contribution in [-0.4, -0.2) is 6.79 Å². The first-order chi connectivity index (χ1) is 6.81. The van der Waals surface area contributed by atoms with Gasteiger partial charge in [0, 0.05) is 15.6 Å². The van der Waals surface area contributed by atoms with Crippen LogP contribution >= 0.6 is 15.9 Å². The molecule has 0 saturated carbocycles. The molecule has 0 amide bonds. The van der Waals surface area contributed by atoms with Gasteiger partial charge in [0.1, 0.15) is 5.75 Å². The van der Waals surface area contributed by atoms with Crippen LogP contribution < -0.4 is 10.6 Å². The van der Waals surface area contributed by atoms with Gasteiger partial charge in [-0.15, -0.1) is 0 Å². The van der Waals surface area contributed by atoms with Gasteiger partial charge in [-0.05, 0) is 12.1 Å². The maximum atomic E-state index is 5.38. The summed E-state index contributed by atoms with van der Waals surface area (Å²) in [6.45, 7) is 1.18. The minimum atomic E-state index is 0.284. The van der Waals surface area contributed by atoms with Gasteiger partial charge in [0.2, 0.25) is 0 Å². The van der Waals surface area contributed by atoms with E-state index in [0.717, 1.165) is 21.3 Å². The molecule has 1 heterocycles. The molecule has 14 heavy (non-hydrogen) atoms. The Morgan fingerprint density at radius 1 is 1.50 bits per heavy atom. The minimum absolute atomic E-state index is 0.284. The molecule has 0 spiro atoms. The Hall–Kier alpha value is -0.620. The Balaban J connectivity index is 2.41. The molecule has 0 aromatic heterocycles. The average Bonchev–Trinajstić information content (AvgIpc) is 2.18. The second-order valence-electron chi connectivity index (χ2n) is 2.97. The van der Waals surface area contributed by atoms with E-state index in [1.807, 2.05) is 12.1 Å². The van der Waals surface area contributed by atoms with Crippen molar-refractivity contribution in [3.05, 3.63) is 27.7 Å². The lowest BCUT2D eigenvalue weighted by Crippen LogP contribution is -2.14. The van der Waals surface area contributed by atoms with Crippen molar-refractivity contribution in [3.63, 3.8) is 0 Å². The van der Waals surface area contributed by atoms with E-state index in [9.17, 15) is 0 Å². The summed E-state index contributed by atoms with van der Waals surface area (Å²) in [4.78, 5) is 4.61. The Morgan fingerprint density at radius 3 is 3.14 bits per heavy atom. The minimum Gasteiger partial charge on any atom is -0.467 e. The van der Waals surface area contributed by atoms with Crippen LogP contribution in [0.15, 0.2) is 16.6 Å². The van der Waals surface area contributed by atoms with Crippen molar-refractivity contribution in [1.82, 2.24) is 0 Å². The van der Waals surface area contributed by atoms with E-state index in [1.165, 1.54) is 0 Å². The summed E-state index contributed by atoms with van der Waals surface area (Å²) in [6.07, 6.45) is 0. The lowest BCUT2D eigenvalue weighted by atomic mass is 10.1. The Morgan fingerprint density at radius 2 is 2.36 bits per heavy atom. The standard InChI is InChI=1S/C9H10BrNO3/c10-8-1-6-3-12-5-13-9(6)7(2-8)4-14-11/h1-2H,3-5,11H2. The topological polar surface area (TPSA) is 53.7 Å². The molecule has 0 bridgehead atoms. The van der Waals surface area contributed by atoms with Crippen LogP contribution in [0.25, 0.3) is 0 Å². The number of hydrogen-bond acceptors (Lipinski definition) is 4. The summed E-state index contributed by atoms with van der Waals surface area (Å²) in [7, 11) is 0. The fraction of sp³-hybridized carbons (Fsp3) is 0.333. The monoisotopic (exact) mass is 259 g/mol. The van der Waals surface area contributed by atoms with Crippen molar-refractivity contribution in [2.24, 2.45) is 5.90 Å². The number of benzene rings is 1. The van der Waals surface area contributed by atoms with E-state index >= 15 is 0 Å². The summed E-state index contributed by atoms with van der Waals surface area (Å²) in [5, 5.41) is 0. The van der Waals surface area contributed by atoms with E-state index in [1.54, 1.807) is 0 Å². The van der Waals surface area contributed by atoms with Crippen molar-refractivity contribution >= 4 is 15.9 Å². The van der Waals surface area contributed by atoms with Gasteiger partial charge in [0.25, 0.3) is 0 Å². The summed E-state index contributed by atoms with van der Waals surface area (Å²) in [5.74, 6) is 5.87. The van der Waals surface area contributed by atoms with Crippen LogP contribution in [0.2, 0.25) is 0 Å². The second-order valence-corrected chi connectivity index (χ2v) is 3.89. The zero-order chi connectivity index (χ0) is 9.97. The molecule has 1 aliphatic heterocycles. The summed E-state index contributed by atoms with van der Waals surface area (Å²) >= 11 is 3.40. The molecule has 1 aromatic rings. The molecule has 1 aromatic carbocycles. The zero-order valence-corrected chi connectivity index (χ0v) is 9.04. The van der Waals surface area contributed by atoms with Gasteiger partial charge in [-0.25, -0.2) is 5.90 Å². The van der Waals surface area contributed by atoms with E-state index in [2.05, 4.69) is 20.8 Å². The third-order valence-corrected chi connectivity index (χ3v) is 2.45. The van der Waals surface area contributed by atoms with Crippen molar-refractivity contribution < 1.29 is 14.3 Å². The number of halogens is 1. The van der Waals surface area contributed by atoms with Crippen LogP contribution in [0, 0.1) is 0 Å². The zero-order valence-electron chi connectivity index (χ0n) is 7.46. The van der Waals surface area contributed by atoms with E-state index < -0.39 is 0 Å². The predicted octanol–water partition coefficient (Wildman–Crippen LogP) is 1.71. The largest absolute Gasteiger partial charge is 0.467 e. The first-order valence-electron chi connectivity index (χ1n) is 4.15. The fourth-order valence-electron chi connectivity index (χ4n) is 1.45. The lowest BCUT2D eigenvalue weighted by Gasteiger charge is -2.20. The number of nitrogens with two attached hydrogens (primary N) is 1. The normalized spacial score (nSPS) is 14.7. The van der Waals surface area contributed by atoms with Crippen molar-refractivity contribution in [1.29, 1.82) is 0 Å². The van der Waals surface area contributed by atoms with Gasteiger partial charge >= 0.3 is 0 Å². The van der Waals surface area contributed by atoms with Crippen LogP contribution in [0.4, 0.5) is 0 Å². The molecule has 76 valence electrons. The Kier molecular flexibility index (Phi) is 3.02. The number of fused-ring (bicyclic) bond motifs is 1. The van der Waals surface area contributed by atoms with Crippen LogP contribution in [0.3, 0.4) is 0 Å². The van der Waals surface area contributed by atoms with E-state index in [0.29, 0.717) is 13.2 Å². The van der Waals surface area contributed by atoms with Gasteiger partial charge in [-0.1, -0.05) is 15.9 Å². The number of ether oxygens (including phenoxy) is 2. The molecule has 0 unspecified atom stereocenters. The molecule has 0 saturated heterocycles. The smallest absolute Gasteiger partial charge is 0.189 e. The van der Waals surface area contributed by atoms with Crippen LogP contribution in [0.5, 0.6) is 5.75 Å². The molecule has 5 heteroatoms. The Labute approximate surface area is 90.0 Å². The number of hydrogen-bond donors (Lipinski definition) is 1. The molecule has 0 radical (unpaired) electrons. The Bertz CT molecular complexity index is 343.